The Balaban J connectivity index is 3.00. The second-order valence-corrected chi connectivity index (χ2v) is 7.51. The smallest absolute Gasteiger partial charge is 0.282 e. The van der Waals surface area contributed by atoms with Crippen molar-refractivity contribution in [3.05, 3.63) is 36.4 Å². The topological polar surface area (TPSA) is 118 Å². The summed E-state index contributed by atoms with van der Waals surface area (Å²) >= 11 is 0. The van der Waals surface area contributed by atoms with Crippen molar-refractivity contribution in [2.75, 3.05) is 0 Å². The van der Waals surface area contributed by atoms with Crippen LogP contribution in [0.15, 0.2) is 40.6 Å². The van der Waals surface area contributed by atoms with Crippen molar-refractivity contribution in [1.82, 2.24) is 4.57 Å². The van der Waals surface area contributed by atoms with Gasteiger partial charge in [0.15, 0.2) is 5.69 Å². The first-order chi connectivity index (χ1) is 10.0. The fourth-order valence-electron chi connectivity index (χ4n) is 2.07. The summed E-state index contributed by atoms with van der Waals surface area (Å²) in [7, 11) is -7.74. The van der Waals surface area contributed by atoms with Crippen molar-refractivity contribution in [2.45, 2.75) is 23.1 Å². The van der Waals surface area contributed by atoms with Gasteiger partial charge in [0.05, 0.1) is 7.05 Å². The molecule has 0 aliphatic rings. The van der Waals surface area contributed by atoms with Crippen LogP contribution in [0.1, 0.15) is 12.5 Å². The molecule has 0 saturated heterocycles. The number of benzene rings is 1. The highest BCUT2D eigenvalue weighted by atomic mass is 32.2. The fourth-order valence-corrected chi connectivity index (χ4v) is 3.66. The van der Waals surface area contributed by atoms with Gasteiger partial charge in [0.1, 0.15) is 22.2 Å². The van der Waals surface area contributed by atoms with Crippen LogP contribution < -0.4 is 4.57 Å². The van der Waals surface area contributed by atoms with Crippen molar-refractivity contribution in [2.24, 2.45) is 7.05 Å². The molecule has 1 heterocycles. The number of hydrogen-bond acceptors (Lipinski definition) is 4. The normalized spacial score (nSPS) is 12.5. The van der Waals surface area contributed by atoms with E-state index >= 15 is 0 Å². The van der Waals surface area contributed by atoms with E-state index in [0.29, 0.717) is 12.0 Å². The van der Waals surface area contributed by atoms with Crippen molar-refractivity contribution >= 4 is 20.2 Å². The quantitative estimate of drug-likeness (QED) is 0.609. The number of nitrogens with zero attached hydrogens (tertiary/aromatic N) is 2. The predicted octanol–water partition coefficient (Wildman–Crippen LogP) is 0.358. The Hall–Kier alpha value is -1.75. The minimum absolute atomic E-state index is 0.324. The van der Waals surface area contributed by atoms with Crippen molar-refractivity contribution in [3.63, 3.8) is 0 Å². The summed E-state index contributed by atoms with van der Waals surface area (Å²) in [5.74, 6) is 0. The third kappa shape index (κ3) is 3.19. The van der Waals surface area contributed by atoms with Crippen LogP contribution in [0, 0.1) is 0 Å². The number of aromatic nitrogens is 2. The van der Waals surface area contributed by atoms with Crippen LogP contribution in [-0.2, 0) is 33.7 Å². The fraction of sp³-hybridized carbons (Fsp3) is 0.250. The molecule has 0 bridgehead atoms. The van der Waals surface area contributed by atoms with Gasteiger partial charge < -0.3 is 0 Å². The molecule has 2 rings (SSSR count). The number of aryl methyl sites for hydroxylation is 2. The molecule has 1 aromatic heterocycles. The summed E-state index contributed by atoms with van der Waals surface area (Å²) in [6, 6.07) is 2.36. The Labute approximate surface area is 128 Å². The first kappa shape index (κ1) is 16.6. The lowest BCUT2D eigenvalue weighted by Gasteiger charge is -2.10. The lowest BCUT2D eigenvalue weighted by Crippen LogP contribution is -2.24. The largest absolute Gasteiger partial charge is 0.298 e. The Morgan fingerprint density at radius 2 is 1.59 bits per heavy atom. The molecule has 120 valence electrons. The first-order valence-corrected chi connectivity index (χ1v) is 9.07. The lowest BCUT2D eigenvalue weighted by atomic mass is 10.1. The SMILES string of the molecule is CCc1cc(S(=O)(=O)O)c(-n2cc[n+](C)c2)c(S(=O)(=O)O)c1. The summed E-state index contributed by atoms with van der Waals surface area (Å²) in [5, 5.41) is 0. The molecule has 0 atom stereocenters. The van der Waals surface area contributed by atoms with Gasteiger partial charge in [-0.25, -0.2) is 4.57 Å². The maximum Gasteiger partial charge on any atom is 0.298 e. The molecule has 0 aliphatic heterocycles. The second kappa shape index (κ2) is 5.47. The van der Waals surface area contributed by atoms with Crippen LogP contribution in [0.3, 0.4) is 0 Å². The van der Waals surface area contributed by atoms with Crippen molar-refractivity contribution < 1.29 is 30.5 Å². The lowest BCUT2D eigenvalue weighted by molar-refractivity contribution is -0.670. The van der Waals surface area contributed by atoms with E-state index in [1.165, 1.54) is 29.2 Å². The van der Waals surface area contributed by atoms with Crippen LogP contribution in [0.5, 0.6) is 0 Å². The molecule has 0 radical (unpaired) electrons. The van der Waals surface area contributed by atoms with E-state index in [2.05, 4.69) is 0 Å². The van der Waals surface area contributed by atoms with Gasteiger partial charge in [0.25, 0.3) is 20.2 Å². The molecule has 0 saturated carbocycles. The molecule has 0 unspecified atom stereocenters. The maximum absolute atomic E-state index is 11.6. The summed E-state index contributed by atoms with van der Waals surface area (Å²) in [6.07, 6.45) is 4.69. The minimum atomic E-state index is -4.69. The van der Waals surface area contributed by atoms with E-state index in [0.717, 1.165) is 0 Å². The van der Waals surface area contributed by atoms with Gasteiger partial charge in [-0.15, -0.1) is 0 Å². The zero-order chi connectivity index (χ0) is 16.7. The summed E-state index contributed by atoms with van der Waals surface area (Å²) in [6.45, 7) is 1.69. The van der Waals surface area contributed by atoms with E-state index < -0.39 is 30.0 Å². The third-order valence-corrected chi connectivity index (χ3v) is 4.82. The monoisotopic (exact) mass is 347 g/mol. The van der Waals surface area contributed by atoms with Crippen molar-refractivity contribution in [3.8, 4) is 5.69 Å². The highest BCUT2D eigenvalue weighted by Crippen LogP contribution is 2.29. The van der Waals surface area contributed by atoms with Gasteiger partial charge in [-0.1, -0.05) is 6.92 Å². The molecular formula is C12H15N2O6S2+. The van der Waals surface area contributed by atoms with Gasteiger partial charge in [0, 0.05) is 0 Å². The average Bonchev–Trinajstić information content (AvgIpc) is 2.81. The Morgan fingerprint density at radius 1 is 1.09 bits per heavy atom. The molecule has 0 amide bonds. The predicted molar refractivity (Wildman–Crippen MR) is 76.0 cm³/mol. The molecular weight excluding hydrogens is 332 g/mol. The van der Waals surface area contributed by atoms with E-state index in [-0.39, 0.29) is 5.69 Å². The number of rotatable bonds is 4. The molecule has 2 aromatic rings. The van der Waals surface area contributed by atoms with Gasteiger partial charge in [0.2, 0.25) is 6.33 Å². The second-order valence-electron chi connectivity index (χ2n) is 4.73. The Bertz CT molecular complexity index is 875. The van der Waals surface area contributed by atoms with E-state index in [1.807, 2.05) is 0 Å². The number of imidazole rings is 1. The molecule has 0 fully saturated rings. The van der Waals surface area contributed by atoms with Gasteiger partial charge in [-0.2, -0.15) is 21.4 Å². The number of hydrogen-bond donors (Lipinski definition) is 2. The average molecular weight is 347 g/mol. The molecule has 0 aliphatic carbocycles. The van der Waals surface area contributed by atoms with Crippen LogP contribution >= 0.6 is 0 Å². The van der Waals surface area contributed by atoms with Gasteiger partial charge >= 0.3 is 0 Å². The Kier molecular flexibility index (Phi) is 4.13. The molecule has 10 heteroatoms. The molecule has 22 heavy (non-hydrogen) atoms. The zero-order valence-corrected chi connectivity index (χ0v) is 13.5. The third-order valence-electron chi connectivity index (χ3n) is 3.09. The van der Waals surface area contributed by atoms with Crippen LogP contribution in [0.2, 0.25) is 0 Å². The standard InChI is InChI=1S/C12H14N2O6S2/c1-3-9-6-10(21(15,16)17)12(11(7-9)22(18,19)20)14-5-4-13(2)8-14/h4-8H,3H2,1-2H3,(H-,15,16,17,18,19,20)/p+1. The maximum atomic E-state index is 11.6. The van der Waals surface area contributed by atoms with Crippen LogP contribution in [-0.4, -0.2) is 30.5 Å². The Morgan fingerprint density at radius 3 is 1.91 bits per heavy atom. The van der Waals surface area contributed by atoms with Crippen LogP contribution in [0.25, 0.3) is 5.69 Å². The summed E-state index contributed by atoms with van der Waals surface area (Å²) in [5.41, 5.74) is 0.0170. The van der Waals surface area contributed by atoms with E-state index in [1.54, 1.807) is 24.7 Å². The highest BCUT2D eigenvalue weighted by Gasteiger charge is 2.30. The molecule has 2 N–H and O–H groups in total. The molecule has 0 spiro atoms. The van der Waals surface area contributed by atoms with Crippen LogP contribution in [0.4, 0.5) is 0 Å². The molecule has 1 aromatic carbocycles. The summed E-state index contributed by atoms with van der Waals surface area (Å²) < 4.78 is 68.2. The van der Waals surface area contributed by atoms with Gasteiger partial charge in [-0.3, -0.25) is 9.11 Å². The highest BCUT2D eigenvalue weighted by molar-refractivity contribution is 7.87. The first-order valence-electron chi connectivity index (χ1n) is 6.19. The van der Waals surface area contributed by atoms with Gasteiger partial charge in [-0.05, 0) is 24.1 Å². The van der Waals surface area contributed by atoms with Crippen molar-refractivity contribution in [1.29, 1.82) is 0 Å². The molecule has 8 nitrogen and oxygen atoms in total. The summed E-state index contributed by atoms with van der Waals surface area (Å²) in [4.78, 5) is -1.17. The van der Waals surface area contributed by atoms with E-state index in [4.69, 9.17) is 0 Å². The van der Waals surface area contributed by atoms with E-state index in [9.17, 15) is 25.9 Å². The minimum Gasteiger partial charge on any atom is -0.282 e. The zero-order valence-electron chi connectivity index (χ0n) is 11.8.